The Morgan fingerprint density at radius 3 is 2.50 bits per heavy atom. The van der Waals surface area contributed by atoms with E-state index < -0.39 is 0 Å². The number of thioether (sulfide) groups is 1. The van der Waals surface area contributed by atoms with E-state index in [0.717, 1.165) is 4.90 Å². The summed E-state index contributed by atoms with van der Waals surface area (Å²) in [7, 11) is 0. The molecule has 0 aliphatic rings. The van der Waals surface area contributed by atoms with Crippen LogP contribution in [0.4, 0.5) is 0 Å². The molecular weight excluding hydrogens is 170 g/mol. The molecule has 12 heavy (non-hydrogen) atoms. The van der Waals surface area contributed by atoms with Gasteiger partial charge in [0.1, 0.15) is 5.75 Å². The number of phenolic OH excluding ortho intramolecular Hbond substituents is 1. The van der Waals surface area contributed by atoms with Crippen LogP contribution in [0.25, 0.3) is 0 Å². The summed E-state index contributed by atoms with van der Waals surface area (Å²) in [4.78, 5) is 1.03. The van der Waals surface area contributed by atoms with Crippen molar-refractivity contribution in [3.63, 3.8) is 0 Å². The van der Waals surface area contributed by atoms with E-state index in [9.17, 15) is 0 Å². The predicted molar refractivity (Wildman–Crippen MR) is 52.1 cm³/mol. The van der Waals surface area contributed by atoms with E-state index in [1.807, 2.05) is 12.1 Å². The van der Waals surface area contributed by atoms with Gasteiger partial charge in [-0.3, -0.25) is 0 Å². The first-order chi connectivity index (χ1) is 5.72. The van der Waals surface area contributed by atoms with Gasteiger partial charge in [-0.05, 0) is 24.3 Å². The second-order valence-corrected chi connectivity index (χ2v) is 3.56. The molecule has 0 bridgehead atoms. The Bertz CT molecular complexity index is 258. The molecule has 0 aromatic heterocycles. The van der Waals surface area contributed by atoms with Gasteiger partial charge in [0.2, 0.25) is 0 Å². The lowest BCUT2D eigenvalue weighted by Gasteiger charge is -2.04. The van der Waals surface area contributed by atoms with Crippen LogP contribution < -0.4 is 5.73 Å². The fourth-order valence-corrected chi connectivity index (χ4v) is 1.43. The maximum absolute atomic E-state index is 8.99. The van der Waals surface area contributed by atoms with Crippen molar-refractivity contribution in [2.24, 2.45) is 5.73 Å². The highest BCUT2D eigenvalue weighted by Crippen LogP contribution is 2.22. The Labute approximate surface area is 76.1 Å². The van der Waals surface area contributed by atoms with Crippen LogP contribution in [0.2, 0.25) is 0 Å². The van der Waals surface area contributed by atoms with Gasteiger partial charge in [0.25, 0.3) is 0 Å². The summed E-state index contributed by atoms with van der Waals surface area (Å²) in [6.45, 7) is 3.58. The van der Waals surface area contributed by atoms with Crippen LogP contribution in [-0.4, -0.2) is 10.5 Å². The van der Waals surface area contributed by atoms with E-state index in [0.29, 0.717) is 0 Å². The smallest absolute Gasteiger partial charge is 0.115 e. The van der Waals surface area contributed by atoms with Crippen molar-refractivity contribution < 1.29 is 5.11 Å². The summed E-state index contributed by atoms with van der Waals surface area (Å²) in [6, 6.07) is 6.92. The van der Waals surface area contributed by atoms with Crippen molar-refractivity contribution in [2.45, 2.75) is 10.3 Å². The molecule has 1 unspecified atom stereocenters. The molecule has 1 aromatic carbocycles. The molecule has 2 nitrogen and oxygen atoms in total. The van der Waals surface area contributed by atoms with Crippen molar-refractivity contribution in [3.05, 3.63) is 36.9 Å². The van der Waals surface area contributed by atoms with Gasteiger partial charge in [0, 0.05) is 4.90 Å². The molecule has 1 aromatic rings. The molecule has 3 N–H and O–H groups in total. The molecule has 0 spiro atoms. The van der Waals surface area contributed by atoms with Crippen LogP contribution in [0.3, 0.4) is 0 Å². The summed E-state index contributed by atoms with van der Waals surface area (Å²) >= 11 is 1.50. The lowest BCUT2D eigenvalue weighted by molar-refractivity contribution is 0.475. The average molecular weight is 181 g/mol. The van der Waals surface area contributed by atoms with E-state index in [2.05, 4.69) is 6.58 Å². The first-order valence-electron chi connectivity index (χ1n) is 3.56. The van der Waals surface area contributed by atoms with Crippen molar-refractivity contribution >= 4 is 11.8 Å². The highest BCUT2D eigenvalue weighted by molar-refractivity contribution is 8.00. The zero-order valence-electron chi connectivity index (χ0n) is 6.60. The maximum atomic E-state index is 8.99. The van der Waals surface area contributed by atoms with Crippen molar-refractivity contribution in [1.29, 1.82) is 0 Å². The van der Waals surface area contributed by atoms with Crippen LogP contribution in [-0.2, 0) is 0 Å². The standard InChI is InChI=1S/C9H11NOS/c1-2-9(10)12-8-5-3-7(11)4-6-8/h2-6,9,11H,1,10H2. The molecule has 0 saturated carbocycles. The van der Waals surface area contributed by atoms with E-state index in [1.165, 1.54) is 11.8 Å². The van der Waals surface area contributed by atoms with E-state index in [4.69, 9.17) is 10.8 Å². The minimum Gasteiger partial charge on any atom is -0.508 e. The van der Waals surface area contributed by atoms with Gasteiger partial charge in [0.15, 0.2) is 0 Å². The molecule has 0 heterocycles. The van der Waals surface area contributed by atoms with Crippen LogP contribution in [0.5, 0.6) is 5.75 Å². The highest BCUT2D eigenvalue weighted by atomic mass is 32.2. The van der Waals surface area contributed by atoms with Gasteiger partial charge in [-0.2, -0.15) is 0 Å². The number of nitrogens with two attached hydrogens (primary N) is 1. The predicted octanol–water partition coefficient (Wildman–Crippen LogP) is 1.96. The van der Waals surface area contributed by atoms with Gasteiger partial charge in [0.05, 0.1) is 5.37 Å². The number of aromatic hydroxyl groups is 1. The molecule has 0 amide bonds. The number of hydrogen-bond donors (Lipinski definition) is 2. The quantitative estimate of drug-likeness (QED) is 0.425. The molecule has 0 aliphatic heterocycles. The number of hydrogen-bond acceptors (Lipinski definition) is 3. The van der Waals surface area contributed by atoms with Crippen molar-refractivity contribution in [2.75, 3.05) is 0 Å². The van der Waals surface area contributed by atoms with Crippen LogP contribution in [0, 0.1) is 0 Å². The first-order valence-corrected chi connectivity index (χ1v) is 4.44. The first kappa shape index (κ1) is 9.16. The lowest BCUT2D eigenvalue weighted by Crippen LogP contribution is -2.10. The highest BCUT2D eigenvalue weighted by Gasteiger charge is 1.98. The molecule has 64 valence electrons. The number of phenols is 1. The third-order valence-electron chi connectivity index (χ3n) is 1.34. The minimum absolute atomic E-state index is 0.0884. The Morgan fingerprint density at radius 1 is 1.42 bits per heavy atom. The Kier molecular flexibility index (Phi) is 3.19. The average Bonchev–Trinajstić information content (AvgIpc) is 2.09. The fraction of sp³-hybridized carbons (Fsp3) is 0.111. The molecule has 1 rings (SSSR count). The zero-order chi connectivity index (χ0) is 8.97. The largest absolute Gasteiger partial charge is 0.508 e. The Hall–Kier alpha value is -0.930. The zero-order valence-corrected chi connectivity index (χ0v) is 7.42. The second-order valence-electron chi connectivity index (χ2n) is 2.31. The van der Waals surface area contributed by atoms with Crippen molar-refractivity contribution in [3.8, 4) is 5.75 Å². The molecular formula is C9H11NOS. The van der Waals surface area contributed by atoms with Crippen molar-refractivity contribution in [1.82, 2.24) is 0 Å². The SMILES string of the molecule is C=CC(N)Sc1ccc(O)cc1. The number of rotatable bonds is 3. The number of benzene rings is 1. The van der Waals surface area contributed by atoms with E-state index in [-0.39, 0.29) is 11.1 Å². The van der Waals surface area contributed by atoms with E-state index in [1.54, 1.807) is 18.2 Å². The fourth-order valence-electron chi connectivity index (χ4n) is 0.730. The Morgan fingerprint density at radius 2 is 2.00 bits per heavy atom. The monoisotopic (exact) mass is 181 g/mol. The molecule has 3 heteroatoms. The van der Waals surface area contributed by atoms with Gasteiger partial charge in [-0.25, -0.2) is 0 Å². The van der Waals surface area contributed by atoms with Gasteiger partial charge < -0.3 is 10.8 Å². The lowest BCUT2D eigenvalue weighted by atomic mass is 10.3. The second kappa shape index (κ2) is 4.18. The Balaban J connectivity index is 2.64. The molecule has 0 aliphatic carbocycles. The summed E-state index contributed by atoms with van der Waals surface area (Å²) in [5, 5.41) is 8.90. The summed E-state index contributed by atoms with van der Waals surface area (Å²) in [5.41, 5.74) is 5.63. The van der Waals surface area contributed by atoms with Gasteiger partial charge in [-0.15, -0.1) is 18.3 Å². The topological polar surface area (TPSA) is 46.2 Å². The summed E-state index contributed by atoms with van der Waals surface area (Å²) < 4.78 is 0. The van der Waals surface area contributed by atoms with Crippen LogP contribution >= 0.6 is 11.8 Å². The van der Waals surface area contributed by atoms with Gasteiger partial charge >= 0.3 is 0 Å². The summed E-state index contributed by atoms with van der Waals surface area (Å²) in [6.07, 6.45) is 1.68. The van der Waals surface area contributed by atoms with E-state index >= 15 is 0 Å². The summed E-state index contributed by atoms with van der Waals surface area (Å²) in [5.74, 6) is 0.270. The normalized spacial score (nSPS) is 12.4. The maximum Gasteiger partial charge on any atom is 0.115 e. The van der Waals surface area contributed by atoms with Crippen LogP contribution in [0.1, 0.15) is 0 Å². The minimum atomic E-state index is -0.0884. The molecule has 0 fully saturated rings. The third-order valence-corrected chi connectivity index (χ3v) is 2.35. The molecule has 0 saturated heterocycles. The third kappa shape index (κ3) is 2.60. The van der Waals surface area contributed by atoms with Gasteiger partial charge in [-0.1, -0.05) is 6.08 Å². The molecule has 1 atom stereocenters. The molecule has 0 radical (unpaired) electrons. The van der Waals surface area contributed by atoms with Crippen LogP contribution in [0.15, 0.2) is 41.8 Å².